The second kappa shape index (κ2) is 3.38. The minimum absolute atomic E-state index is 0.123. The van der Waals surface area contributed by atoms with Crippen molar-refractivity contribution in [2.24, 2.45) is 0 Å². The van der Waals surface area contributed by atoms with Crippen LogP contribution in [0, 0.1) is 0 Å². The van der Waals surface area contributed by atoms with Crippen LogP contribution < -0.4 is 0 Å². The van der Waals surface area contributed by atoms with Crippen LogP contribution in [-0.2, 0) is 11.2 Å². The lowest BCUT2D eigenvalue weighted by Gasteiger charge is -2.23. The SMILES string of the molecule is C[C@@H]1Cc2c(C=O)ccc(O)c2C(=O)O1. The van der Waals surface area contributed by atoms with E-state index in [2.05, 4.69) is 0 Å². The molecule has 1 N–H and O–H groups in total. The van der Waals surface area contributed by atoms with Crippen LogP contribution in [0.25, 0.3) is 0 Å². The molecule has 1 atom stereocenters. The highest BCUT2D eigenvalue weighted by atomic mass is 16.5. The van der Waals surface area contributed by atoms with E-state index in [9.17, 15) is 14.7 Å². The summed E-state index contributed by atoms with van der Waals surface area (Å²) in [6.07, 6.45) is 0.887. The maximum atomic E-state index is 11.5. The van der Waals surface area contributed by atoms with Gasteiger partial charge in [0.2, 0.25) is 0 Å². The quantitative estimate of drug-likeness (QED) is 0.555. The highest BCUT2D eigenvalue weighted by Gasteiger charge is 2.28. The average molecular weight is 206 g/mol. The predicted molar refractivity (Wildman–Crippen MR) is 52.1 cm³/mol. The summed E-state index contributed by atoms with van der Waals surface area (Å²) in [5.74, 6) is -0.697. The van der Waals surface area contributed by atoms with Crippen LogP contribution >= 0.6 is 0 Å². The monoisotopic (exact) mass is 206 g/mol. The molecule has 15 heavy (non-hydrogen) atoms. The lowest BCUT2D eigenvalue weighted by atomic mass is 9.94. The molecule has 0 bridgehead atoms. The van der Waals surface area contributed by atoms with E-state index in [1.807, 2.05) is 0 Å². The number of cyclic esters (lactones) is 1. The van der Waals surface area contributed by atoms with Crippen LogP contribution in [0.15, 0.2) is 12.1 Å². The molecule has 0 spiro atoms. The summed E-state index contributed by atoms with van der Waals surface area (Å²) >= 11 is 0. The number of hydrogen-bond donors (Lipinski definition) is 1. The first-order valence-electron chi connectivity index (χ1n) is 4.64. The Morgan fingerprint density at radius 1 is 1.53 bits per heavy atom. The lowest BCUT2D eigenvalue weighted by Crippen LogP contribution is -2.26. The summed E-state index contributed by atoms with van der Waals surface area (Å²) in [4.78, 5) is 22.3. The van der Waals surface area contributed by atoms with Gasteiger partial charge in [0.15, 0.2) is 0 Å². The third kappa shape index (κ3) is 1.48. The number of rotatable bonds is 1. The summed E-state index contributed by atoms with van der Waals surface area (Å²) in [6.45, 7) is 1.75. The molecule has 0 unspecified atom stereocenters. The molecule has 0 aromatic heterocycles. The van der Waals surface area contributed by atoms with Gasteiger partial charge in [-0.3, -0.25) is 4.79 Å². The van der Waals surface area contributed by atoms with Gasteiger partial charge in [-0.15, -0.1) is 0 Å². The molecule has 1 aliphatic rings. The molecule has 0 saturated carbocycles. The van der Waals surface area contributed by atoms with Gasteiger partial charge in [0, 0.05) is 12.0 Å². The molecule has 1 aromatic carbocycles. The Balaban J connectivity index is 2.66. The summed E-state index contributed by atoms with van der Waals surface area (Å²) in [5.41, 5.74) is 1.14. The lowest BCUT2D eigenvalue weighted by molar-refractivity contribution is 0.0297. The number of phenols is 1. The zero-order valence-corrected chi connectivity index (χ0v) is 8.19. The number of esters is 1. The van der Waals surface area contributed by atoms with Crippen LogP contribution in [0.5, 0.6) is 5.75 Å². The zero-order valence-electron chi connectivity index (χ0n) is 8.19. The van der Waals surface area contributed by atoms with Crippen molar-refractivity contribution < 1.29 is 19.4 Å². The molecule has 0 radical (unpaired) electrons. The molecule has 0 fully saturated rings. The average Bonchev–Trinajstić information content (AvgIpc) is 2.17. The van der Waals surface area contributed by atoms with E-state index in [1.54, 1.807) is 6.92 Å². The van der Waals surface area contributed by atoms with E-state index in [0.717, 1.165) is 0 Å². The largest absolute Gasteiger partial charge is 0.507 e. The second-order valence-corrected chi connectivity index (χ2v) is 3.57. The van der Waals surface area contributed by atoms with Gasteiger partial charge in [-0.25, -0.2) is 4.79 Å². The zero-order chi connectivity index (χ0) is 11.0. The molecular weight excluding hydrogens is 196 g/mol. The Hall–Kier alpha value is -1.84. The van der Waals surface area contributed by atoms with Crippen molar-refractivity contribution in [1.29, 1.82) is 0 Å². The fourth-order valence-corrected chi connectivity index (χ4v) is 1.78. The number of carbonyl (C=O) groups excluding carboxylic acids is 2. The third-order valence-corrected chi connectivity index (χ3v) is 2.46. The van der Waals surface area contributed by atoms with Gasteiger partial charge in [0.1, 0.15) is 23.7 Å². The van der Waals surface area contributed by atoms with Gasteiger partial charge in [0.25, 0.3) is 0 Å². The van der Waals surface area contributed by atoms with Gasteiger partial charge in [-0.1, -0.05) is 0 Å². The molecule has 0 aliphatic carbocycles. The standard InChI is InChI=1S/C11H10O4/c1-6-4-8-7(5-12)2-3-9(13)10(8)11(14)15-6/h2-3,5-6,13H,4H2,1H3/t6-/m1/s1. The van der Waals surface area contributed by atoms with Crippen molar-refractivity contribution in [2.45, 2.75) is 19.4 Å². The van der Waals surface area contributed by atoms with Crippen molar-refractivity contribution in [1.82, 2.24) is 0 Å². The highest BCUT2D eigenvalue weighted by molar-refractivity contribution is 5.98. The van der Waals surface area contributed by atoms with Crippen molar-refractivity contribution in [2.75, 3.05) is 0 Å². The van der Waals surface area contributed by atoms with Crippen molar-refractivity contribution in [3.05, 3.63) is 28.8 Å². The fourth-order valence-electron chi connectivity index (χ4n) is 1.78. The van der Waals surface area contributed by atoms with E-state index in [1.165, 1.54) is 12.1 Å². The van der Waals surface area contributed by atoms with Gasteiger partial charge < -0.3 is 9.84 Å². The maximum absolute atomic E-state index is 11.5. The molecule has 1 heterocycles. The smallest absolute Gasteiger partial charge is 0.342 e. The minimum atomic E-state index is -0.565. The summed E-state index contributed by atoms with van der Waals surface area (Å²) in [7, 11) is 0. The summed E-state index contributed by atoms with van der Waals surface area (Å²) in [5, 5.41) is 9.52. The molecule has 2 rings (SSSR count). The molecular formula is C11H10O4. The number of ether oxygens (including phenoxy) is 1. The molecule has 1 aromatic rings. The van der Waals surface area contributed by atoms with Crippen molar-refractivity contribution in [3.63, 3.8) is 0 Å². The molecule has 0 saturated heterocycles. The van der Waals surface area contributed by atoms with E-state index in [4.69, 9.17) is 4.74 Å². The Kier molecular flexibility index (Phi) is 2.19. The van der Waals surface area contributed by atoms with Gasteiger partial charge in [-0.05, 0) is 24.6 Å². The number of aromatic hydroxyl groups is 1. The van der Waals surface area contributed by atoms with Crippen molar-refractivity contribution in [3.8, 4) is 5.75 Å². The third-order valence-electron chi connectivity index (χ3n) is 2.46. The normalized spacial score (nSPS) is 19.3. The van der Waals surface area contributed by atoms with Crippen LogP contribution in [0.4, 0.5) is 0 Å². The number of fused-ring (bicyclic) bond motifs is 1. The number of benzene rings is 1. The predicted octanol–water partition coefficient (Wildman–Crippen LogP) is 1.31. The summed E-state index contributed by atoms with van der Waals surface area (Å²) < 4.78 is 4.98. The number of phenolic OH excluding ortho intramolecular Hbond substituents is 1. The molecule has 1 aliphatic heterocycles. The first kappa shape index (κ1) is 9.71. The van der Waals surface area contributed by atoms with E-state index in [-0.39, 0.29) is 17.4 Å². The topological polar surface area (TPSA) is 63.6 Å². The number of aldehydes is 1. The van der Waals surface area contributed by atoms with Gasteiger partial charge >= 0.3 is 5.97 Å². The minimum Gasteiger partial charge on any atom is -0.507 e. The Morgan fingerprint density at radius 3 is 2.93 bits per heavy atom. The number of hydrogen-bond acceptors (Lipinski definition) is 4. The first-order chi connectivity index (χ1) is 7.13. The summed E-state index contributed by atoms with van der Waals surface area (Å²) in [6, 6.07) is 2.84. The Morgan fingerprint density at radius 2 is 2.27 bits per heavy atom. The van der Waals surface area contributed by atoms with E-state index >= 15 is 0 Å². The van der Waals surface area contributed by atoms with Crippen LogP contribution in [0.1, 0.15) is 33.2 Å². The van der Waals surface area contributed by atoms with Crippen LogP contribution in [0.3, 0.4) is 0 Å². The number of carbonyl (C=O) groups is 2. The van der Waals surface area contributed by atoms with Crippen LogP contribution in [0.2, 0.25) is 0 Å². The molecule has 4 nitrogen and oxygen atoms in total. The second-order valence-electron chi connectivity index (χ2n) is 3.57. The maximum Gasteiger partial charge on any atom is 0.342 e. The fraction of sp³-hybridized carbons (Fsp3) is 0.273. The van der Waals surface area contributed by atoms with Crippen molar-refractivity contribution >= 4 is 12.3 Å². The first-order valence-corrected chi connectivity index (χ1v) is 4.64. The Bertz CT molecular complexity index is 436. The molecule has 4 heteroatoms. The van der Waals surface area contributed by atoms with E-state index in [0.29, 0.717) is 23.8 Å². The highest BCUT2D eigenvalue weighted by Crippen LogP contribution is 2.30. The van der Waals surface area contributed by atoms with E-state index < -0.39 is 5.97 Å². The van der Waals surface area contributed by atoms with Gasteiger partial charge in [-0.2, -0.15) is 0 Å². The van der Waals surface area contributed by atoms with Crippen LogP contribution in [-0.4, -0.2) is 23.5 Å². The molecule has 0 amide bonds. The Labute approximate surface area is 86.5 Å². The molecule has 78 valence electrons. The van der Waals surface area contributed by atoms with Gasteiger partial charge in [0.05, 0.1) is 0 Å².